The van der Waals surface area contributed by atoms with Gasteiger partial charge in [0.25, 0.3) is 0 Å². The molecule has 0 radical (unpaired) electrons. The van der Waals surface area contributed by atoms with Crippen molar-refractivity contribution < 1.29 is 55.1 Å². The van der Waals surface area contributed by atoms with Gasteiger partial charge in [0, 0.05) is 0 Å². The Hall–Kier alpha value is -0.440. The maximum Gasteiger partial charge on any atom is 0.224 e. The molecule has 2 aliphatic heterocycles. The molecule has 0 aromatic heterocycles. The predicted octanol–water partition coefficient (Wildman–Crippen LogP) is -5.40. The molecular weight excluding hydrogens is 320 g/mol. The SMILES string of the molecule is OC[C@H]1O[C@H](O[C@]2(CO)O[C@H](CO)[C@@H](O)[C@H]2O)[C@H](O)[C@@H](O)[C@@H]1O. The third-order valence-corrected chi connectivity index (χ3v) is 4.07. The molecule has 8 N–H and O–H groups in total. The number of hydrogen-bond donors (Lipinski definition) is 8. The Balaban J connectivity index is 2.18. The summed E-state index contributed by atoms with van der Waals surface area (Å²) in [6.45, 7) is -2.32. The van der Waals surface area contributed by atoms with Gasteiger partial charge in [0.1, 0.15) is 49.3 Å². The largest absolute Gasteiger partial charge is 0.394 e. The molecule has 0 unspecified atom stereocenters. The quantitative estimate of drug-likeness (QED) is 0.238. The van der Waals surface area contributed by atoms with Crippen molar-refractivity contribution in [3.8, 4) is 0 Å². The zero-order valence-electron chi connectivity index (χ0n) is 12.0. The third kappa shape index (κ3) is 3.23. The first kappa shape index (κ1) is 18.9. The molecular formula is C12H22O11. The van der Waals surface area contributed by atoms with Crippen LogP contribution in [0, 0.1) is 0 Å². The van der Waals surface area contributed by atoms with Crippen molar-refractivity contribution >= 4 is 0 Å². The summed E-state index contributed by atoms with van der Waals surface area (Å²) in [6.07, 6.45) is -12.7. The van der Waals surface area contributed by atoms with Crippen molar-refractivity contribution in [2.45, 2.75) is 54.8 Å². The monoisotopic (exact) mass is 342 g/mol. The topological polar surface area (TPSA) is 190 Å². The van der Waals surface area contributed by atoms with Gasteiger partial charge in [-0.05, 0) is 0 Å². The van der Waals surface area contributed by atoms with E-state index in [1.807, 2.05) is 0 Å². The maximum absolute atomic E-state index is 10.00. The van der Waals surface area contributed by atoms with Gasteiger partial charge in [-0.3, -0.25) is 0 Å². The van der Waals surface area contributed by atoms with E-state index in [0.717, 1.165) is 0 Å². The molecule has 0 saturated carbocycles. The van der Waals surface area contributed by atoms with Gasteiger partial charge in [0.15, 0.2) is 6.29 Å². The first-order valence-corrected chi connectivity index (χ1v) is 7.05. The van der Waals surface area contributed by atoms with Crippen LogP contribution in [0.25, 0.3) is 0 Å². The van der Waals surface area contributed by atoms with Crippen molar-refractivity contribution in [1.82, 2.24) is 0 Å². The fourth-order valence-corrected chi connectivity index (χ4v) is 2.63. The Morgan fingerprint density at radius 3 is 1.87 bits per heavy atom. The molecule has 0 aliphatic carbocycles. The molecule has 2 aliphatic rings. The molecule has 0 spiro atoms. The van der Waals surface area contributed by atoms with Crippen LogP contribution in [-0.2, 0) is 14.2 Å². The van der Waals surface area contributed by atoms with E-state index in [4.69, 9.17) is 24.4 Å². The Morgan fingerprint density at radius 1 is 0.783 bits per heavy atom. The van der Waals surface area contributed by atoms with Gasteiger partial charge in [-0.2, -0.15) is 0 Å². The first-order chi connectivity index (χ1) is 10.8. The molecule has 136 valence electrons. The lowest BCUT2D eigenvalue weighted by atomic mass is 9.99. The molecule has 11 heteroatoms. The second kappa shape index (κ2) is 7.21. The summed E-state index contributed by atoms with van der Waals surface area (Å²) in [5.74, 6) is -2.22. The number of rotatable bonds is 5. The summed E-state index contributed by atoms with van der Waals surface area (Å²) in [5.41, 5.74) is 0. The summed E-state index contributed by atoms with van der Waals surface area (Å²) in [5, 5.41) is 76.7. The molecule has 2 fully saturated rings. The molecule has 0 aromatic rings. The minimum absolute atomic E-state index is 0.669. The van der Waals surface area contributed by atoms with E-state index in [-0.39, 0.29) is 0 Å². The summed E-state index contributed by atoms with van der Waals surface area (Å²) >= 11 is 0. The first-order valence-electron chi connectivity index (χ1n) is 7.05. The van der Waals surface area contributed by atoms with Crippen LogP contribution in [0.2, 0.25) is 0 Å². The summed E-state index contributed by atoms with van der Waals surface area (Å²) in [4.78, 5) is 0. The highest BCUT2D eigenvalue weighted by Gasteiger charge is 2.58. The van der Waals surface area contributed by atoms with Crippen LogP contribution in [0.1, 0.15) is 0 Å². The molecule has 2 saturated heterocycles. The highest BCUT2D eigenvalue weighted by Crippen LogP contribution is 2.35. The van der Waals surface area contributed by atoms with Crippen molar-refractivity contribution in [3.05, 3.63) is 0 Å². The van der Waals surface area contributed by atoms with Crippen molar-refractivity contribution in [3.63, 3.8) is 0 Å². The lowest BCUT2D eigenvalue weighted by Crippen LogP contribution is -2.62. The van der Waals surface area contributed by atoms with Gasteiger partial charge in [-0.15, -0.1) is 0 Å². The number of aliphatic hydroxyl groups is 8. The van der Waals surface area contributed by atoms with Gasteiger partial charge in [-0.25, -0.2) is 0 Å². The normalized spacial score (nSPS) is 51.1. The van der Waals surface area contributed by atoms with E-state index in [2.05, 4.69) is 0 Å². The highest BCUT2D eigenvalue weighted by atomic mass is 16.8. The molecule has 23 heavy (non-hydrogen) atoms. The average molecular weight is 342 g/mol. The smallest absolute Gasteiger partial charge is 0.224 e. The fraction of sp³-hybridized carbons (Fsp3) is 1.00. The van der Waals surface area contributed by atoms with Crippen LogP contribution >= 0.6 is 0 Å². The van der Waals surface area contributed by atoms with E-state index < -0.39 is 74.6 Å². The van der Waals surface area contributed by atoms with Crippen LogP contribution in [0.15, 0.2) is 0 Å². The lowest BCUT2D eigenvalue weighted by Gasteiger charge is -2.43. The zero-order chi connectivity index (χ0) is 17.4. The molecule has 9 atom stereocenters. The van der Waals surface area contributed by atoms with Gasteiger partial charge in [-0.1, -0.05) is 0 Å². The van der Waals surface area contributed by atoms with Crippen molar-refractivity contribution in [2.75, 3.05) is 19.8 Å². The molecule has 0 amide bonds. The molecule has 0 bridgehead atoms. The fourth-order valence-electron chi connectivity index (χ4n) is 2.63. The summed E-state index contributed by atoms with van der Waals surface area (Å²) in [6, 6.07) is 0. The van der Waals surface area contributed by atoms with E-state index in [9.17, 15) is 30.6 Å². The third-order valence-electron chi connectivity index (χ3n) is 4.07. The Morgan fingerprint density at radius 2 is 1.39 bits per heavy atom. The van der Waals surface area contributed by atoms with Crippen molar-refractivity contribution in [2.24, 2.45) is 0 Å². The van der Waals surface area contributed by atoms with Gasteiger partial charge in [0.05, 0.1) is 13.2 Å². The minimum Gasteiger partial charge on any atom is -0.394 e. The molecule has 11 nitrogen and oxygen atoms in total. The Labute approximate surface area is 130 Å². The molecule has 2 rings (SSSR count). The van der Waals surface area contributed by atoms with Crippen molar-refractivity contribution in [1.29, 1.82) is 0 Å². The van der Waals surface area contributed by atoms with Crippen LogP contribution in [-0.4, -0.2) is 115 Å². The van der Waals surface area contributed by atoms with Crippen LogP contribution in [0.3, 0.4) is 0 Å². The second-order valence-corrected chi connectivity index (χ2v) is 5.56. The minimum atomic E-state index is -2.22. The van der Waals surface area contributed by atoms with Gasteiger partial charge < -0.3 is 55.1 Å². The lowest BCUT2D eigenvalue weighted by molar-refractivity contribution is -0.383. The maximum atomic E-state index is 10.00. The average Bonchev–Trinajstić information content (AvgIpc) is 2.80. The zero-order valence-corrected chi connectivity index (χ0v) is 12.0. The van der Waals surface area contributed by atoms with E-state index >= 15 is 0 Å². The molecule has 0 aromatic carbocycles. The molecule has 2 heterocycles. The summed E-state index contributed by atoms with van der Waals surface area (Å²) < 4.78 is 15.4. The summed E-state index contributed by atoms with van der Waals surface area (Å²) in [7, 11) is 0. The predicted molar refractivity (Wildman–Crippen MR) is 68.6 cm³/mol. The Kier molecular flexibility index (Phi) is 5.92. The van der Waals surface area contributed by atoms with E-state index in [1.165, 1.54) is 0 Å². The van der Waals surface area contributed by atoms with Crippen LogP contribution < -0.4 is 0 Å². The number of aliphatic hydroxyl groups excluding tert-OH is 8. The number of hydrogen-bond acceptors (Lipinski definition) is 11. The van der Waals surface area contributed by atoms with E-state index in [1.54, 1.807) is 0 Å². The Bertz CT molecular complexity index is 393. The number of ether oxygens (including phenoxy) is 3. The standard InChI is InChI=1S/C12H22O11/c13-1-4-6(16)8(18)9(19)11(21-4)23-12(3-15)10(20)7(17)5(2-14)22-12/h4-11,13-20H,1-3H2/t4-,5-,6-,7-,8+,9-,10-,11-,12+/m1/s1. The van der Waals surface area contributed by atoms with E-state index in [0.29, 0.717) is 0 Å². The van der Waals surface area contributed by atoms with Gasteiger partial charge >= 0.3 is 0 Å². The highest BCUT2D eigenvalue weighted by molar-refractivity contribution is 4.98. The second-order valence-electron chi connectivity index (χ2n) is 5.56. The van der Waals surface area contributed by atoms with Crippen LogP contribution in [0.5, 0.6) is 0 Å². The van der Waals surface area contributed by atoms with Crippen LogP contribution in [0.4, 0.5) is 0 Å². The van der Waals surface area contributed by atoms with Gasteiger partial charge in [0.2, 0.25) is 5.79 Å².